The molecule has 1 aromatic carbocycles. The first-order valence-electron chi connectivity index (χ1n) is 7.68. The van der Waals surface area contributed by atoms with Gasteiger partial charge in [-0.15, -0.1) is 11.6 Å². The molecule has 2 aromatic rings. The molecule has 1 aromatic heterocycles. The Kier molecular flexibility index (Phi) is 5.64. The van der Waals surface area contributed by atoms with Crippen molar-refractivity contribution in [1.82, 2.24) is 9.55 Å². The third-order valence-corrected chi connectivity index (χ3v) is 4.30. The summed E-state index contributed by atoms with van der Waals surface area (Å²) in [4.78, 5) is 4.60. The van der Waals surface area contributed by atoms with Gasteiger partial charge in [0.2, 0.25) is 0 Å². The lowest BCUT2D eigenvalue weighted by atomic mass is 9.99. The van der Waals surface area contributed by atoms with E-state index in [9.17, 15) is 0 Å². The van der Waals surface area contributed by atoms with Crippen molar-refractivity contribution in [2.24, 2.45) is 5.92 Å². The van der Waals surface area contributed by atoms with Crippen LogP contribution in [0.25, 0.3) is 11.0 Å². The molecule has 0 N–H and O–H groups in total. The fourth-order valence-electron chi connectivity index (χ4n) is 2.72. The number of rotatable bonds is 7. The van der Waals surface area contributed by atoms with Crippen LogP contribution in [-0.4, -0.2) is 9.55 Å². The fourth-order valence-corrected chi connectivity index (χ4v) is 2.93. The van der Waals surface area contributed by atoms with Crippen molar-refractivity contribution in [2.75, 3.05) is 0 Å². The number of nitrogens with zero attached hydrogens (tertiary/aromatic N) is 3. The van der Waals surface area contributed by atoms with Crippen molar-refractivity contribution in [3.63, 3.8) is 0 Å². The maximum Gasteiger partial charge on any atom is 0.124 e. The summed E-state index contributed by atoms with van der Waals surface area (Å²) in [6.45, 7) is 5.40. The van der Waals surface area contributed by atoms with Crippen molar-refractivity contribution in [2.45, 2.75) is 52.0 Å². The minimum atomic E-state index is 0.404. The topological polar surface area (TPSA) is 41.6 Å². The predicted molar refractivity (Wildman–Crippen MR) is 87.3 cm³/mol. The SMILES string of the molecule is CCCCC(CC)Cn1c(CCl)nc2ccc(C#N)cc21. The smallest absolute Gasteiger partial charge is 0.124 e. The lowest BCUT2D eigenvalue weighted by Crippen LogP contribution is -2.12. The van der Waals surface area contributed by atoms with Gasteiger partial charge in [0.15, 0.2) is 0 Å². The van der Waals surface area contributed by atoms with Gasteiger partial charge in [0.1, 0.15) is 5.82 Å². The Morgan fingerprint density at radius 1 is 1.38 bits per heavy atom. The van der Waals surface area contributed by atoms with Gasteiger partial charge in [0.25, 0.3) is 0 Å². The largest absolute Gasteiger partial charge is 0.327 e. The third kappa shape index (κ3) is 3.57. The highest BCUT2D eigenvalue weighted by molar-refractivity contribution is 6.16. The van der Waals surface area contributed by atoms with Gasteiger partial charge in [0.05, 0.1) is 28.5 Å². The molecule has 4 heteroatoms. The highest BCUT2D eigenvalue weighted by Gasteiger charge is 2.14. The van der Waals surface area contributed by atoms with Crippen LogP contribution in [0.5, 0.6) is 0 Å². The summed E-state index contributed by atoms with van der Waals surface area (Å²) >= 11 is 6.06. The molecule has 112 valence electrons. The molecule has 0 bridgehead atoms. The van der Waals surface area contributed by atoms with Crippen molar-refractivity contribution in [3.05, 3.63) is 29.6 Å². The van der Waals surface area contributed by atoms with E-state index in [0.29, 0.717) is 17.4 Å². The van der Waals surface area contributed by atoms with Crippen LogP contribution in [0.1, 0.15) is 50.9 Å². The molecule has 3 nitrogen and oxygen atoms in total. The van der Waals surface area contributed by atoms with Gasteiger partial charge in [-0.05, 0) is 30.5 Å². The number of fused-ring (bicyclic) bond motifs is 1. The molecule has 21 heavy (non-hydrogen) atoms. The second kappa shape index (κ2) is 7.47. The number of alkyl halides is 1. The maximum absolute atomic E-state index is 9.09. The van der Waals surface area contributed by atoms with Crippen LogP contribution in [0.4, 0.5) is 0 Å². The molecule has 2 rings (SSSR count). The van der Waals surface area contributed by atoms with Gasteiger partial charge in [-0.1, -0.05) is 33.1 Å². The average molecular weight is 304 g/mol. The quantitative estimate of drug-likeness (QED) is 0.685. The molecule has 0 radical (unpaired) electrons. The zero-order valence-electron chi connectivity index (χ0n) is 12.8. The van der Waals surface area contributed by atoms with Gasteiger partial charge in [0, 0.05) is 6.54 Å². The van der Waals surface area contributed by atoms with Gasteiger partial charge >= 0.3 is 0 Å². The zero-order chi connectivity index (χ0) is 15.2. The van der Waals surface area contributed by atoms with Crippen molar-refractivity contribution >= 4 is 22.6 Å². The summed E-state index contributed by atoms with van der Waals surface area (Å²) in [6.07, 6.45) is 4.86. The normalized spacial score (nSPS) is 12.5. The molecular weight excluding hydrogens is 282 g/mol. The van der Waals surface area contributed by atoms with Crippen molar-refractivity contribution in [3.8, 4) is 6.07 Å². The molecule has 0 saturated carbocycles. The van der Waals surface area contributed by atoms with Crippen molar-refractivity contribution < 1.29 is 0 Å². The fraction of sp³-hybridized carbons (Fsp3) is 0.529. The summed E-state index contributed by atoms with van der Waals surface area (Å²) < 4.78 is 2.20. The van der Waals surface area contributed by atoms with Gasteiger partial charge in [-0.25, -0.2) is 4.98 Å². The number of hydrogen-bond acceptors (Lipinski definition) is 2. The number of benzene rings is 1. The Balaban J connectivity index is 2.37. The Labute approximate surface area is 131 Å². The molecule has 1 atom stereocenters. The molecule has 0 fully saturated rings. The summed E-state index contributed by atoms with van der Waals surface area (Å²) in [6, 6.07) is 7.84. The number of hydrogen-bond donors (Lipinski definition) is 0. The molecule has 0 saturated heterocycles. The number of unbranched alkanes of at least 4 members (excludes halogenated alkanes) is 1. The molecule has 1 heterocycles. The summed E-state index contributed by atoms with van der Waals surface area (Å²) in [5.41, 5.74) is 2.63. The first kappa shape index (κ1) is 15.9. The molecule has 0 aliphatic heterocycles. The van der Waals surface area contributed by atoms with Crippen molar-refractivity contribution in [1.29, 1.82) is 5.26 Å². The zero-order valence-corrected chi connectivity index (χ0v) is 13.5. The first-order chi connectivity index (χ1) is 10.2. The molecule has 0 aliphatic rings. The lowest BCUT2D eigenvalue weighted by Gasteiger charge is -2.17. The van der Waals surface area contributed by atoms with Gasteiger partial charge in [-0.2, -0.15) is 5.26 Å². The number of imidazole rings is 1. The summed E-state index contributed by atoms with van der Waals surface area (Å²) in [5.74, 6) is 1.94. The van der Waals surface area contributed by atoms with Gasteiger partial charge in [-0.3, -0.25) is 0 Å². The predicted octanol–water partition coefficient (Wildman–Crippen LogP) is 4.86. The Hall–Kier alpha value is -1.53. The van der Waals surface area contributed by atoms with Crippen LogP contribution in [0.2, 0.25) is 0 Å². The summed E-state index contributed by atoms with van der Waals surface area (Å²) in [7, 11) is 0. The first-order valence-corrected chi connectivity index (χ1v) is 8.22. The second-order valence-corrected chi connectivity index (χ2v) is 5.77. The highest BCUT2D eigenvalue weighted by atomic mass is 35.5. The van der Waals surface area contributed by atoms with E-state index in [-0.39, 0.29) is 0 Å². The van der Waals surface area contributed by atoms with E-state index in [0.717, 1.165) is 29.8 Å². The van der Waals surface area contributed by atoms with E-state index in [1.807, 2.05) is 18.2 Å². The van der Waals surface area contributed by atoms with E-state index in [4.69, 9.17) is 16.9 Å². The lowest BCUT2D eigenvalue weighted by molar-refractivity contribution is 0.391. The molecule has 0 aliphatic carbocycles. The number of aromatic nitrogens is 2. The van der Waals surface area contributed by atoms with Crippen LogP contribution in [0.15, 0.2) is 18.2 Å². The van der Waals surface area contributed by atoms with Crippen LogP contribution in [-0.2, 0) is 12.4 Å². The van der Waals surface area contributed by atoms with Crippen LogP contribution in [0.3, 0.4) is 0 Å². The van der Waals surface area contributed by atoms with E-state index in [1.54, 1.807) is 0 Å². The highest BCUT2D eigenvalue weighted by Crippen LogP contribution is 2.23. The van der Waals surface area contributed by atoms with E-state index in [1.165, 1.54) is 19.3 Å². The Bertz CT molecular complexity index is 639. The van der Waals surface area contributed by atoms with E-state index < -0.39 is 0 Å². The third-order valence-electron chi connectivity index (χ3n) is 4.06. The van der Waals surface area contributed by atoms with Crippen LogP contribution in [0, 0.1) is 17.2 Å². The summed E-state index contributed by atoms with van der Waals surface area (Å²) in [5, 5.41) is 9.09. The Morgan fingerprint density at radius 2 is 2.19 bits per heavy atom. The standard InChI is InChI=1S/C17H22ClN3/c1-3-5-6-13(4-2)12-21-16-9-14(11-19)7-8-15(16)20-17(21)10-18/h7-9,13H,3-6,10,12H2,1-2H3. The monoisotopic (exact) mass is 303 g/mol. The van der Waals surface area contributed by atoms with E-state index in [2.05, 4.69) is 29.5 Å². The minimum absolute atomic E-state index is 0.404. The molecule has 0 spiro atoms. The van der Waals surface area contributed by atoms with Crippen LogP contribution < -0.4 is 0 Å². The Morgan fingerprint density at radius 3 is 2.81 bits per heavy atom. The molecular formula is C17H22ClN3. The number of nitriles is 1. The van der Waals surface area contributed by atoms with Crippen LogP contribution >= 0.6 is 11.6 Å². The second-order valence-electron chi connectivity index (χ2n) is 5.50. The maximum atomic E-state index is 9.09. The number of halogens is 1. The average Bonchev–Trinajstić information content (AvgIpc) is 2.87. The van der Waals surface area contributed by atoms with Gasteiger partial charge < -0.3 is 4.57 Å². The van der Waals surface area contributed by atoms with E-state index >= 15 is 0 Å². The molecule has 1 unspecified atom stereocenters. The molecule has 0 amide bonds. The minimum Gasteiger partial charge on any atom is -0.327 e.